The number of carbonyl (C=O) groups excluding carboxylic acids is 1. The Morgan fingerprint density at radius 2 is 2.00 bits per heavy atom. The molecule has 1 aliphatic rings. The lowest BCUT2D eigenvalue weighted by molar-refractivity contribution is -0.159. The fourth-order valence-corrected chi connectivity index (χ4v) is 1.36. The number of hydrogen-bond acceptors (Lipinski definition) is 3. The van der Waals surface area contributed by atoms with Gasteiger partial charge in [0.15, 0.2) is 5.75 Å². The van der Waals surface area contributed by atoms with Gasteiger partial charge >= 0.3 is 12.3 Å². The summed E-state index contributed by atoms with van der Waals surface area (Å²) in [5.41, 5.74) is -0.861. The summed E-state index contributed by atoms with van der Waals surface area (Å²) in [6.07, 6.45) is -4.27. The third-order valence-corrected chi connectivity index (χ3v) is 2.48. The second-order valence-corrected chi connectivity index (χ2v) is 3.80. The van der Waals surface area contributed by atoms with Gasteiger partial charge in [-0.2, -0.15) is 13.2 Å². The van der Waals surface area contributed by atoms with Crippen LogP contribution in [0.1, 0.15) is 12.0 Å². The van der Waals surface area contributed by atoms with Crippen molar-refractivity contribution in [3.63, 3.8) is 0 Å². The van der Waals surface area contributed by atoms with E-state index in [1.54, 1.807) is 0 Å². The maximum Gasteiger partial charge on any atom is 0.452 e. The lowest BCUT2D eigenvalue weighted by atomic mass is 10.2. The van der Waals surface area contributed by atoms with Crippen LogP contribution in [0.2, 0.25) is 0 Å². The van der Waals surface area contributed by atoms with Crippen LogP contribution < -0.4 is 4.89 Å². The number of likely N-dealkylation sites (tertiary alicyclic amines) is 1. The van der Waals surface area contributed by atoms with Gasteiger partial charge in [0.25, 0.3) is 0 Å². The summed E-state index contributed by atoms with van der Waals surface area (Å²) >= 11 is 0. The fourth-order valence-electron chi connectivity index (χ4n) is 1.36. The van der Waals surface area contributed by atoms with Gasteiger partial charge in [0.05, 0.1) is 5.56 Å². The van der Waals surface area contributed by atoms with Gasteiger partial charge in [-0.25, -0.2) is 9.68 Å². The van der Waals surface area contributed by atoms with Gasteiger partial charge in [-0.15, -0.1) is 0 Å². The summed E-state index contributed by atoms with van der Waals surface area (Å²) in [6, 6.07) is 4.13. The van der Waals surface area contributed by atoms with Crippen molar-refractivity contribution in [2.24, 2.45) is 0 Å². The highest BCUT2D eigenvalue weighted by Gasteiger charge is 2.31. The number of nitrogens with zero attached hydrogens (tertiary/aromatic N) is 1. The molecule has 0 aliphatic carbocycles. The Morgan fingerprint density at radius 3 is 2.56 bits per heavy atom. The zero-order valence-corrected chi connectivity index (χ0v) is 9.24. The Balaban J connectivity index is 1.95. The van der Waals surface area contributed by atoms with E-state index in [9.17, 15) is 18.0 Å². The van der Waals surface area contributed by atoms with Gasteiger partial charge < -0.3 is 4.90 Å². The Kier molecular flexibility index (Phi) is 3.31. The number of carbonyl (C=O) groups is 1. The van der Waals surface area contributed by atoms with Crippen LogP contribution in [0.15, 0.2) is 24.3 Å². The molecular formula is C11H10F3NO3. The molecule has 0 aromatic heterocycles. The van der Waals surface area contributed by atoms with E-state index in [0.29, 0.717) is 13.1 Å². The first-order valence-electron chi connectivity index (χ1n) is 5.27. The monoisotopic (exact) mass is 261 g/mol. The maximum absolute atomic E-state index is 12.4. The molecule has 1 amide bonds. The highest BCUT2D eigenvalue weighted by Crippen LogP contribution is 2.31. The summed E-state index contributed by atoms with van der Waals surface area (Å²) < 4.78 is 37.2. The van der Waals surface area contributed by atoms with Crippen LogP contribution in [0, 0.1) is 0 Å². The van der Waals surface area contributed by atoms with Gasteiger partial charge in [0.2, 0.25) is 0 Å². The lowest BCUT2D eigenvalue weighted by Gasteiger charge is -2.28. The number of alkyl halides is 3. The first kappa shape index (κ1) is 12.5. The average molecular weight is 261 g/mol. The summed E-state index contributed by atoms with van der Waals surface area (Å²) in [4.78, 5) is 21.6. The molecule has 0 atom stereocenters. The molecule has 1 aromatic rings. The van der Waals surface area contributed by atoms with Crippen molar-refractivity contribution in [1.29, 1.82) is 0 Å². The van der Waals surface area contributed by atoms with Gasteiger partial charge in [-0.3, -0.25) is 4.89 Å². The number of halogens is 3. The van der Waals surface area contributed by atoms with E-state index in [0.717, 1.165) is 18.6 Å². The van der Waals surface area contributed by atoms with Crippen molar-refractivity contribution in [3.8, 4) is 5.75 Å². The minimum Gasteiger partial charge on any atom is -0.305 e. The van der Waals surface area contributed by atoms with Crippen LogP contribution in [0.4, 0.5) is 18.0 Å². The summed E-state index contributed by atoms with van der Waals surface area (Å²) in [6.45, 7) is 1.15. The van der Waals surface area contributed by atoms with Crippen LogP contribution in [0.5, 0.6) is 5.75 Å². The van der Waals surface area contributed by atoms with Crippen molar-refractivity contribution in [1.82, 2.24) is 4.90 Å². The SMILES string of the molecule is O=C(OOc1cccc(C(F)(F)F)c1)N1CCC1. The molecule has 0 radical (unpaired) electrons. The highest BCUT2D eigenvalue weighted by atomic mass is 19.4. The van der Waals surface area contributed by atoms with E-state index in [1.807, 2.05) is 0 Å². The largest absolute Gasteiger partial charge is 0.452 e. The van der Waals surface area contributed by atoms with Crippen molar-refractivity contribution >= 4 is 6.09 Å². The van der Waals surface area contributed by atoms with E-state index in [4.69, 9.17) is 0 Å². The maximum atomic E-state index is 12.4. The molecule has 1 fully saturated rings. The Labute approximate surface area is 101 Å². The van der Waals surface area contributed by atoms with E-state index in [1.165, 1.54) is 17.0 Å². The second-order valence-electron chi connectivity index (χ2n) is 3.80. The highest BCUT2D eigenvalue weighted by molar-refractivity contribution is 5.67. The number of rotatable bonds is 2. The smallest absolute Gasteiger partial charge is 0.305 e. The van der Waals surface area contributed by atoms with Gasteiger partial charge in [-0.05, 0) is 24.6 Å². The number of benzene rings is 1. The molecule has 0 unspecified atom stereocenters. The predicted octanol–water partition coefficient (Wildman–Crippen LogP) is 2.84. The zero-order valence-electron chi connectivity index (χ0n) is 9.24. The van der Waals surface area contributed by atoms with Crippen molar-refractivity contribution in [2.45, 2.75) is 12.6 Å². The normalized spacial score (nSPS) is 14.9. The first-order valence-corrected chi connectivity index (χ1v) is 5.27. The van der Waals surface area contributed by atoms with Gasteiger partial charge in [-0.1, -0.05) is 6.07 Å². The van der Waals surface area contributed by atoms with Gasteiger partial charge in [0.1, 0.15) is 0 Å². The minimum atomic E-state index is -4.46. The quantitative estimate of drug-likeness (QED) is 0.607. The Hall–Kier alpha value is -1.92. The van der Waals surface area contributed by atoms with Crippen LogP contribution in [0.3, 0.4) is 0 Å². The average Bonchev–Trinajstić information content (AvgIpc) is 2.23. The van der Waals surface area contributed by atoms with Gasteiger partial charge in [0, 0.05) is 13.1 Å². The molecule has 18 heavy (non-hydrogen) atoms. The topological polar surface area (TPSA) is 38.8 Å². The van der Waals surface area contributed by atoms with Crippen LogP contribution in [0.25, 0.3) is 0 Å². The molecule has 1 aromatic carbocycles. The molecule has 1 saturated heterocycles. The number of hydrogen-bond donors (Lipinski definition) is 0. The molecule has 2 rings (SSSR count). The second kappa shape index (κ2) is 4.75. The van der Waals surface area contributed by atoms with Crippen molar-refractivity contribution < 1.29 is 27.7 Å². The van der Waals surface area contributed by atoms with Crippen LogP contribution in [-0.4, -0.2) is 24.1 Å². The van der Waals surface area contributed by atoms with E-state index in [2.05, 4.69) is 9.78 Å². The summed E-state index contributed by atoms with van der Waals surface area (Å²) in [5, 5.41) is 0. The molecule has 0 bridgehead atoms. The number of amides is 1. The van der Waals surface area contributed by atoms with E-state index < -0.39 is 17.8 Å². The lowest BCUT2D eigenvalue weighted by Crippen LogP contribution is -2.42. The van der Waals surface area contributed by atoms with Crippen molar-refractivity contribution in [3.05, 3.63) is 29.8 Å². The molecule has 1 aliphatic heterocycles. The molecule has 98 valence electrons. The molecular weight excluding hydrogens is 251 g/mol. The van der Waals surface area contributed by atoms with Crippen LogP contribution in [-0.2, 0) is 11.1 Å². The predicted molar refractivity (Wildman–Crippen MR) is 54.7 cm³/mol. The van der Waals surface area contributed by atoms with E-state index >= 15 is 0 Å². The third kappa shape index (κ3) is 2.85. The van der Waals surface area contributed by atoms with Crippen molar-refractivity contribution in [2.75, 3.05) is 13.1 Å². The molecule has 0 spiro atoms. The Bertz CT molecular complexity index is 443. The minimum absolute atomic E-state index is 0.168. The van der Waals surface area contributed by atoms with E-state index in [-0.39, 0.29) is 5.75 Å². The summed E-state index contributed by atoms with van der Waals surface area (Å²) in [7, 11) is 0. The first-order chi connectivity index (χ1) is 8.47. The van der Waals surface area contributed by atoms with Crippen LogP contribution >= 0.6 is 0 Å². The zero-order chi connectivity index (χ0) is 13.2. The molecule has 4 nitrogen and oxygen atoms in total. The standard InChI is InChI=1S/C11H10F3NO3/c12-11(13,14)8-3-1-4-9(7-8)17-18-10(16)15-5-2-6-15/h1,3-4,7H,2,5-6H2. The fraction of sp³-hybridized carbons (Fsp3) is 0.364. The Morgan fingerprint density at radius 1 is 1.28 bits per heavy atom. The molecule has 0 saturated carbocycles. The molecule has 7 heteroatoms. The third-order valence-electron chi connectivity index (χ3n) is 2.48. The summed E-state index contributed by atoms with van der Waals surface area (Å²) in [5.74, 6) is -0.168. The molecule has 1 heterocycles. The molecule has 0 N–H and O–H groups in total.